The number of hydrogen-bond donors (Lipinski definition) is 1. The first-order valence-electron chi connectivity index (χ1n) is 3.77. The fraction of sp³-hybridized carbons (Fsp3) is 0.375. The van der Waals surface area contributed by atoms with Gasteiger partial charge in [-0.1, -0.05) is 0 Å². The molecule has 1 rings (SSSR count). The summed E-state index contributed by atoms with van der Waals surface area (Å²) in [7, 11) is 0. The van der Waals surface area contributed by atoms with Crippen LogP contribution in [0.5, 0.6) is 0 Å². The van der Waals surface area contributed by atoms with E-state index in [-0.39, 0.29) is 17.3 Å². The van der Waals surface area contributed by atoms with Gasteiger partial charge in [0, 0.05) is 0 Å². The average Bonchev–Trinajstić information content (AvgIpc) is 2.52. The van der Waals surface area contributed by atoms with E-state index in [2.05, 4.69) is 0 Å². The Morgan fingerprint density at radius 2 is 2.29 bits per heavy atom. The number of furan rings is 1. The van der Waals surface area contributed by atoms with Crippen molar-refractivity contribution in [3.05, 3.63) is 23.7 Å². The Morgan fingerprint density at radius 3 is 2.79 bits per heavy atom. The molecule has 0 atom stereocenters. The van der Waals surface area contributed by atoms with Crippen molar-refractivity contribution < 1.29 is 23.1 Å². The van der Waals surface area contributed by atoms with Gasteiger partial charge in [0.25, 0.3) is 0 Å². The molecule has 1 N–H and O–H groups in total. The molecule has 0 saturated heterocycles. The minimum absolute atomic E-state index is 0.169. The summed E-state index contributed by atoms with van der Waals surface area (Å²) in [6, 6.07) is 2.78. The van der Waals surface area contributed by atoms with E-state index in [1.165, 1.54) is 12.1 Å². The molecule has 0 aliphatic rings. The van der Waals surface area contributed by atoms with Gasteiger partial charge >= 0.3 is 5.97 Å². The highest BCUT2D eigenvalue weighted by Gasteiger charge is 2.09. The Kier molecular flexibility index (Phi) is 3.94. The van der Waals surface area contributed by atoms with Crippen molar-refractivity contribution in [1.82, 2.24) is 0 Å². The Bertz CT molecular complexity index is 311. The molecule has 14 heavy (non-hydrogen) atoms. The molecule has 0 radical (unpaired) electrons. The van der Waals surface area contributed by atoms with Gasteiger partial charge in [0.15, 0.2) is 0 Å². The minimum atomic E-state index is -2.35. The summed E-state index contributed by atoms with van der Waals surface area (Å²) in [5, 5.41) is 8.49. The third kappa shape index (κ3) is 3.37. The van der Waals surface area contributed by atoms with Crippen molar-refractivity contribution in [2.24, 2.45) is 0 Å². The fourth-order valence-electron chi connectivity index (χ4n) is 0.819. The van der Waals surface area contributed by atoms with Crippen LogP contribution in [0.3, 0.4) is 0 Å². The van der Waals surface area contributed by atoms with Crippen LogP contribution < -0.4 is 0 Å². The van der Waals surface area contributed by atoms with E-state index in [9.17, 15) is 13.6 Å². The van der Waals surface area contributed by atoms with Crippen molar-refractivity contribution in [2.75, 3.05) is 5.75 Å². The first-order valence-corrected chi connectivity index (χ1v) is 4.93. The number of hydrogen-bond acceptors (Lipinski definition) is 3. The zero-order valence-corrected chi connectivity index (χ0v) is 7.89. The summed E-state index contributed by atoms with van der Waals surface area (Å²) in [5.41, 5.74) is 0. The molecular formula is C8H8F2O3S. The summed E-state index contributed by atoms with van der Waals surface area (Å²) >= 11 is 1.00. The Morgan fingerprint density at radius 1 is 1.57 bits per heavy atom. The molecule has 1 heterocycles. The van der Waals surface area contributed by atoms with Crippen molar-refractivity contribution in [3.8, 4) is 0 Å². The second kappa shape index (κ2) is 4.99. The van der Waals surface area contributed by atoms with E-state index in [1.807, 2.05) is 0 Å². The van der Waals surface area contributed by atoms with E-state index in [1.54, 1.807) is 0 Å². The van der Waals surface area contributed by atoms with Crippen molar-refractivity contribution >= 4 is 17.7 Å². The topological polar surface area (TPSA) is 50.4 Å². The predicted octanol–water partition coefficient (Wildman–Crippen LogP) is 2.48. The number of halogens is 2. The third-order valence-corrected chi connectivity index (χ3v) is 2.34. The third-order valence-electron chi connectivity index (χ3n) is 1.36. The van der Waals surface area contributed by atoms with Crippen LogP contribution in [0.15, 0.2) is 16.5 Å². The first kappa shape index (κ1) is 11.0. The number of aromatic carboxylic acids is 1. The summed E-state index contributed by atoms with van der Waals surface area (Å²) in [6.07, 6.45) is -2.35. The smallest absolute Gasteiger partial charge is 0.371 e. The highest BCUT2D eigenvalue weighted by atomic mass is 32.2. The molecule has 0 aliphatic carbocycles. The van der Waals surface area contributed by atoms with Gasteiger partial charge < -0.3 is 9.52 Å². The van der Waals surface area contributed by atoms with Crippen LogP contribution in [0.4, 0.5) is 8.78 Å². The molecule has 0 bridgehead atoms. The molecule has 0 fully saturated rings. The lowest BCUT2D eigenvalue weighted by atomic mass is 10.4. The van der Waals surface area contributed by atoms with Gasteiger partial charge in [-0.3, -0.25) is 0 Å². The minimum Gasteiger partial charge on any atom is -0.475 e. The zero-order valence-electron chi connectivity index (χ0n) is 7.07. The van der Waals surface area contributed by atoms with E-state index in [0.29, 0.717) is 5.76 Å². The number of carbonyl (C=O) groups is 1. The zero-order chi connectivity index (χ0) is 10.6. The molecule has 0 aromatic carbocycles. The van der Waals surface area contributed by atoms with Crippen molar-refractivity contribution in [2.45, 2.75) is 12.2 Å². The number of alkyl halides is 2. The van der Waals surface area contributed by atoms with Gasteiger partial charge in [0.1, 0.15) is 5.76 Å². The number of thioether (sulfide) groups is 1. The predicted molar refractivity (Wildman–Crippen MR) is 47.8 cm³/mol. The molecule has 0 spiro atoms. The van der Waals surface area contributed by atoms with Gasteiger partial charge in [-0.05, 0) is 12.1 Å². The van der Waals surface area contributed by atoms with E-state index < -0.39 is 12.4 Å². The van der Waals surface area contributed by atoms with Crippen LogP contribution >= 0.6 is 11.8 Å². The fourth-order valence-corrected chi connectivity index (χ4v) is 1.47. The van der Waals surface area contributed by atoms with E-state index in [4.69, 9.17) is 9.52 Å². The largest absolute Gasteiger partial charge is 0.475 e. The lowest BCUT2D eigenvalue weighted by Gasteiger charge is -1.96. The van der Waals surface area contributed by atoms with Crippen LogP contribution in [0.2, 0.25) is 0 Å². The number of carboxylic acids is 1. The normalized spacial score (nSPS) is 10.8. The Labute approximate surface area is 83.1 Å². The van der Waals surface area contributed by atoms with Gasteiger partial charge in [-0.25, -0.2) is 13.6 Å². The quantitative estimate of drug-likeness (QED) is 0.831. The van der Waals surface area contributed by atoms with Crippen LogP contribution in [-0.2, 0) is 5.75 Å². The molecule has 0 amide bonds. The second-order valence-electron chi connectivity index (χ2n) is 2.48. The summed E-state index contributed by atoms with van der Waals surface area (Å²) in [6.45, 7) is 0. The molecule has 0 saturated carbocycles. The average molecular weight is 222 g/mol. The van der Waals surface area contributed by atoms with Crippen LogP contribution in [-0.4, -0.2) is 23.3 Å². The van der Waals surface area contributed by atoms with Crippen LogP contribution in [0.1, 0.15) is 16.3 Å². The second-order valence-corrected chi connectivity index (χ2v) is 3.51. The Hall–Kier alpha value is -1.04. The summed E-state index contributed by atoms with van der Waals surface area (Å²) in [5.74, 6) is -0.943. The van der Waals surface area contributed by atoms with Crippen LogP contribution in [0, 0.1) is 0 Å². The highest BCUT2D eigenvalue weighted by Crippen LogP contribution is 2.17. The summed E-state index contributed by atoms with van der Waals surface area (Å²) < 4.78 is 28.3. The maximum absolute atomic E-state index is 11.7. The SMILES string of the molecule is O=C(O)c1ccc(CSCC(F)F)o1. The molecular weight excluding hydrogens is 214 g/mol. The number of rotatable bonds is 5. The van der Waals surface area contributed by atoms with Gasteiger partial charge in [0.05, 0.1) is 11.5 Å². The highest BCUT2D eigenvalue weighted by molar-refractivity contribution is 7.98. The monoisotopic (exact) mass is 222 g/mol. The molecule has 6 heteroatoms. The summed E-state index contributed by atoms with van der Waals surface area (Å²) in [4.78, 5) is 10.4. The van der Waals surface area contributed by atoms with E-state index >= 15 is 0 Å². The maximum Gasteiger partial charge on any atom is 0.371 e. The standard InChI is InChI=1S/C8H8F2O3S/c9-7(10)4-14-3-5-1-2-6(13-5)8(11)12/h1-2,7H,3-4H2,(H,11,12). The van der Waals surface area contributed by atoms with Crippen molar-refractivity contribution in [1.29, 1.82) is 0 Å². The molecule has 1 aromatic rings. The molecule has 3 nitrogen and oxygen atoms in total. The molecule has 1 aromatic heterocycles. The van der Waals surface area contributed by atoms with Crippen LogP contribution in [0.25, 0.3) is 0 Å². The first-order chi connectivity index (χ1) is 6.59. The van der Waals surface area contributed by atoms with Gasteiger partial charge in [-0.2, -0.15) is 0 Å². The van der Waals surface area contributed by atoms with Gasteiger partial charge in [-0.15, -0.1) is 11.8 Å². The molecule has 78 valence electrons. The van der Waals surface area contributed by atoms with Gasteiger partial charge in [0.2, 0.25) is 12.2 Å². The Balaban J connectivity index is 2.40. The van der Waals surface area contributed by atoms with E-state index in [0.717, 1.165) is 11.8 Å². The lowest BCUT2D eigenvalue weighted by molar-refractivity contribution is 0.0660. The molecule has 0 unspecified atom stereocenters. The van der Waals surface area contributed by atoms with Crippen molar-refractivity contribution in [3.63, 3.8) is 0 Å². The molecule has 0 aliphatic heterocycles. The number of carboxylic acid groups (broad SMARTS) is 1. The maximum atomic E-state index is 11.7. The lowest BCUT2D eigenvalue weighted by Crippen LogP contribution is -1.94.